The van der Waals surface area contributed by atoms with Crippen LogP contribution in [-0.4, -0.2) is 13.1 Å². The average Bonchev–Trinajstić information content (AvgIpc) is 2.28. The number of rotatable bonds is 5. The first kappa shape index (κ1) is 12.7. The Morgan fingerprint density at radius 3 is 2.71 bits per heavy atom. The lowest BCUT2D eigenvalue weighted by atomic mass is 9.85. The minimum absolute atomic E-state index is 0.510. The molecule has 2 rings (SSSR count). The Hall–Kier alpha value is -0.730. The molecule has 0 bridgehead atoms. The molecule has 0 saturated heterocycles. The van der Waals surface area contributed by atoms with Gasteiger partial charge in [-0.15, -0.1) is 0 Å². The topological polar surface area (TPSA) is 29.3 Å². The Morgan fingerprint density at radius 2 is 2.18 bits per heavy atom. The van der Waals surface area contributed by atoms with Crippen molar-refractivity contribution in [1.82, 2.24) is 0 Å². The normalized spacial score (nSPS) is 15.7. The summed E-state index contributed by atoms with van der Waals surface area (Å²) in [6.45, 7) is 4.86. The van der Waals surface area contributed by atoms with Crippen LogP contribution in [0.2, 0.25) is 5.02 Å². The maximum Gasteiger partial charge on any atom is 0.0471 e. The van der Waals surface area contributed by atoms with Crippen LogP contribution < -0.4 is 10.6 Å². The summed E-state index contributed by atoms with van der Waals surface area (Å²) in [5.74, 6) is 0.861. The van der Waals surface area contributed by atoms with E-state index >= 15 is 0 Å². The van der Waals surface area contributed by atoms with Crippen molar-refractivity contribution in [3.63, 3.8) is 0 Å². The predicted molar refractivity (Wildman–Crippen MR) is 74.6 cm³/mol. The molecule has 1 saturated carbocycles. The van der Waals surface area contributed by atoms with Gasteiger partial charge in [0.1, 0.15) is 0 Å². The molecule has 1 fully saturated rings. The summed E-state index contributed by atoms with van der Waals surface area (Å²) in [5, 5.41) is 0.789. The summed E-state index contributed by atoms with van der Waals surface area (Å²) in [7, 11) is 0. The molecule has 2 nitrogen and oxygen atoms in total. The van der Waals surface area contributed by atoms with E-state index in [0.717, 1.165) is 29.6 Å². The molecule has 0 heterocycles. The predicted octanol–water partition coefficient (Wildman–Crippen LogP) is 3.43. The summed E-state index contributed by atoms with van der Waals surface area (Å²) < 4.78 is 0. The highest BCUT2D eigenvalue weighted by molar-refractivity contribution is 6.31. The molecule has 0 radical (unpaired) electrons. The van der Waals surface area contributed by atoms with Crippen molar-refractivity contribution in [3.8, 4) is 0 Å². The molecule has 0 amide bonds. The van der Waals surface area contributed by atoms with Crippen molar-refractivity contribution in [3.05, 3.63) is 28.8 Å². The van der Waals surface area contributed by atoms with Crippen LogP contribution in [0.3, 0.4) is 0 Å². The quantitative estimate of drug-likeness (QED) is 0.870. The van der Waals surface area contributed by atoms with Crippen molar-refractivity contribution in [2.24, 2.45) is 11.7 Å². The summed E-state index contributed by atoms with van der Waals surface area (Å²) >= 11 is 6.21. The number of anilines is 1. The van der Waals surface area contributed by atoms with Crippen LogP contribution in [0.1, 0.15) is 31.7 Å². The molecule has 1 aromatic carbocycles. The zero-order chi connectivity index (χ0) is 12.3. The number of hydrogen-bond donors (Lipinski definition) is 1. The van der Waals surface area contributed by atoms with Crippen LogP contribution in [0.25, 0.3) is 0 Å². The second-order valence-electron chi connectivity index (χ2n) is 4.78. The Balaban J connectivity index is 2.19. The molecule has 17 heavy (non-hydrogen) atoms. The van der Waals surface area contributed by atoms with Gasteiger partial charge in [-0.2, -0.15) is 0 Å². The Labute approximate surface area is 109 Å². The van der Waals surface area contributed by atoms with Gasteiger partial charge in [0.2, 0.25) is 0 Å². The third-order valence-electron chi connectivity index (χ3n) is 3.72. The van der Waals surface area contributed by atoms with Crippen LogP contribution in [0.5, 0.6) is 0 Å². The number of nitrogens with two attached hydrogens (primary N) is 1. The van der Waals surface area contributed by atoms with Crippen molar-refractivity contribution < 1.29 is 0 Å². The molecule has 0 atom stereocenters. The fraction of sp³-hybridized carbons (Fsp3) is 0.571. The largest absolute Gasteiger partial charge is 0.371 e. The van der Waals surface area contributed by atoms with E-state index in [1.54, 1.807) is 0 Å². The van der Waals surface area contributed by atoms with E-state index in [1.165, 1.54) is 24.9 Å². The Bertz CT molecular complexity index is 374. The van der Waals surface area contributed by atoms with Gasteiger partial charge in [-0.25, -0.2) is 0 Å². The van der Waals surface area contributed by atoms with Crippen molar-refractivity contribution in [1.29, 1.82) is 0 Å². The standard InChI is InChI=1S/C14H21ClN2/c1-2-17(10-11-5-3-6-11)14-8-4-7-13(15)12(14)9-16/h4,7-8,11H,2-3,5-6,9-10,16H2,1H3. The van der Waals surface area contributed by atoms with Crippen LogP contribution in [0, 0.1) is 5.92 Å². The van der Waals surface area contributed by atoms with E-state index in [0.29, 0.717) is 6.54 Å². The molecule has 1 aliphatic carbocycles. The lowest BCUT2D eigenvalue weighted by Crippen LogP contribution is -2.33. The minimum Gasteiger partial charge on any atom is -0.371 e. The summed E-state index contributed by atoms with van der Waals surface area (Å²) in [6.07, 6.45) is 4.13. The third-order valence-corrected chi connectivity index (χ3v) is 4.08. The van der Waals surface area contributed by atoms with Crippen LogP contribution in [0.4, 0.5) is 5.69 Å². The van der Waals surface area contributed by atoms with E-state index < -0.39 is 0 Å². The Kier molecular flexibility index (Phi) is 4.30. The van der Waals surface area contributed by atoms with Gasteiger partial charge in [-0.3, -0.25) is 0 Å². The van der Waals surface area contributed by atoms with Crippen molar-refractivity contribution in [2.45, 2.75) is 32.7 Å². The maximum absolute atomic E-state index is 6.21. The molecule has 2 N–H and O–H groups in total. The molecule has 94 valence electrons. The molecule has 0 unspecified atom stereocenters. The van der Waals surface area contributed by atoms with Gasteiger partial charge < -0.3 is 10.6 Å². The van der Waals surface area contributed by atoms with Crippen LogP contribution in [-0.2, 0) is 6.54 Å². The molecule has 1 aromatic rings. The molecule has 0 aromatic heterocycles. The van der Waals surface area contributed by atoms with Gasteiger partial charge in [0.05, 0.1) is 0 Å². The molecule has 0 spiro atoms. The first-order valence-electron chi connectivity index (χ1n) is 6.48. The maximum atomic E-state index is 6.21. The van der Waals surface area contributed by atoms with Gasteiger partial charge >= 0.3 is 0 Å². The molecular weight excluding hydrogens is 232 g/mol. The van der Waals surface area contributed by atoms with Crippen molar-refractivity contribution >= 4 is 17.3 Å². The highest BCUT2D eigenvalue weighted by atomic mass is 35.5. The lowest BCUT2D eigenvalue weighted by molar-refractivity contribution is 0.318. The zero-order valence-electron chi connectivity index (χ0n) is 10.5. The Morgan fingerprint density at radius 1 is 1.41 bits per heavy atom. The first-order valence-corrected chi connectivity index (χ1v) is 6.86. The summed E-state index contributed by atoms with van der Waals surface area (Å²) in [5.41, 5.74) is 8.11. The number of halogens is 1. The second-order valence-corrected chi connectivity index (χ2v) is 5.18. The van der Waals surface area contributed by atoms with E-state index in [2.05, 4.69) is 17.9 Å². The molecule has 0 aliphatic heterocycles. The van der Waals surface area contributed by atoms with E-state index in [9.17, 15) is 0 Å². The van der Waals surface area contributed by atoms with Crippen LogP contribution >= 0.6 is 11.6 Å². The fourth-order valence-electron chi connectivity index (χ4n) is 2.43. The number of benzene rings is 1. The first-order chi connectivity index (χ1) is 8.26. The van der Waals surface area contributed by atoms with Gasteiger partial charge in [-0.1, -0.05) is 24.1 Å². The van der Waals surface area contributed by atoms with Gasteiger partial charge in [0.15, 0.2) is 0 Å². The van der Waals surface area contributed by atoms with Gasteiger partial charge in [-0.05, 0) is 37.8 Å². The highest BCUT2D eigenvalue weighted by Crippen LogP contribution is 2.32. The average molecular weight is 253 g/mol. The van der Waals surface area contributed by atoms with Gasteiger partial charge in [0.25, 0.3) is 0 Å². The highest BCUT2D eigenvalue weighted by Gasteiger charge is 2.21. The number of hydrogen-bond acceptors (Lipinski definition) is 2. The van der Waals surface area contributed by atoms with E-state index in [-0.39, 0.29) is 0 Å². The summed E-state index contributed by atoms with van der Waals surface area (Å²) in [6, 6.07) is 6.07. The second kappa shape index (κ2) is 5.74. The molecule has 3 heteroatoms. The SMILES string of the molecule is CCN(CC1CCC1)c1cccc(Cl)c1CN. The third kappa shape index (κ3) is 2.75. The summed E-state index contributed by atoms with van der Waals surface area (Å²) in [4.78, 5) is 2.41. The zero-order valence-corrected chi connectivity index (χ0v) is 11.2. The molecule has 1 aliphatic rings. The van der Waals surface area contributed by atoms with Crippen molar-refractivity contribution in [2.75, 3.05) is 18.0 Å². The fourth-order valence-corrected chi connectivity index (χ4v) is 2.68. The van der Waals surface area contributed by atoms with E-state index in [1.807, 2.05) is 12.1 Å². The van der Waals surface area contributed by atoms with E-state index in [4.69, 9.17) is 17.3 Å². The molecular formula is C14H21ClN2. The lowest BCUT2D eigenvalue weighted by Gasteiger charge is -2.34. The smallest absolute Gasteiger partial charge is 0.0471 e. The van der Waals surface area contributed by atoms with Crippen LogP contribution in [0.15, 0.2) is 18.2 Å². The minimum atomic E-state index is 0.510. The number of nitrogens with zero attached hydrogens (tertiary/aromatic N) is 1. The van der Waals surface area contributed by atoms with Gasteiger partial charge in [0, 0.05) is 35.9 Å². The monoisotopic (exact) mass is 252 g/mol.